The molecule has 0 saturated heterocycles. The first-order valence-electron chi connectivity index (χ1n) is 6.82. The summed E-state index contributed by atoms with van der Waals surface area (Å²) >= 11 is 6.06. The van der Waals surface area contributed by atoms with Crippen molar-refractivity contribution in [3.05, 3.63) is 52.3 Å². The standard InChI is InChI=1S/C16H19ClN2O2/c1-9(2)7-13(11(4)20)10(3)19-8-14-12(16(19)21)5-6-18-15(14)17/h5-7,10-11,20H,1,8H2,2-4H3/b13-7-. The molecule has 0 bridgehead atoms. The molecule has 1 aliphatic heterocycles. The van der Waals surface area contributed by atoms with Crippen LogP contribution in [0.15, 0.2) is 36.1 Å². The maximum atomic E-state index is 12.5. The van der Waals surface area contributed by atoms with E-state index in [1.165, 1.54) is 6.20 Å². The van der Waals surface area contributed by atoms with E-state index in [9.17, 15) is 9.90 Å². The number of aliphatic hydroxyl groups excluding tert-OH is 1. The quantitative estimate of drug-likeness (QED) is 0.687. The molecule has 21 heavy (non-hydrogen) atoms. The fourth-order valence-electron chi connectivity index (χ4n) is 2.58. The molecule has 0 spiro atoms. The Bertz CT molecular complexity index is 623. The van der Waals surface area contributed by atoms with E-state index in [0.717, 1.165) is 16.7 Å². The van der Waals surface area contributed by atoms with Gasteiger partial charge in [-0.15, -0.1) is 0 Å². The summed E-state index contributed by atoms with van der Waals surface area (Å²) < 4.78 is 0. The zero-order valence-electron chi connectivity index (χ0n) is 12.4. The highest BCUT2D eigenvalue weighted by Gasteiger charge is 2.34. The highest BCUT2D eigenvalue weighted by molar-refractivity contribution is 6.30. The second-order valence-electron chi connectivity index (χ2n) is 5.40. The lowest BCUT2D eigenvalue weighted by Gasteiger charge is -2.28. The average Bonchev–Trinajstić information content (AvgIpc) is 2.74. The fourth-order valence-corrected chi connectivity index (χ4v) is 2.80. The molecule has 2 unspecified atom stereocenters. The third-order valence-corrected chi connectivity index (χ3v) is 3.99. The molecule has 0 aromatic carbocycles. The van der Waals surface area contributed by atoms with Crippen LogP contribution in [0.3, 0.4) is 0 Å². The SMILES string of the molecule is C=C(C)/C=C(\C(C)O)C(C)N1Cc2c(ccnc2Cl)C1=O. The number of aliphatic hydroxyl groups is 1. The number of fused-ring (bicyclic) bond motifs is 1. The van der Waals surface area contributed by atoms with Gasteiger partial charge in [-0.2, -0.15) is 0 Å². The van der Waals surface area contributed by atoms with Gasteiger partial charge in [0.2, 0.25) is 0 Å². The second-order valence-corrected chi connectivity index (χ2v) is 5.76. The summed E-state index contributed by atoms with van der Waals surface area (Å²) in [5, 5.41) is 10.3. The Labute approximate surface area is 129 Å². The number of nitrogens with zero attached hydrogens (tertiary/aromatic N) is 2. The Morgan fingerprint density at radius 1 is 1.57 bits per heavy atom. The maximum Gasteiger partial charge on any atom is 0.255 e. The van der Waals surface area contributed by atoms with Crippen LogP contribution in [-0.4, -0.2) is 33.0 Å². The number of halogens is 1. The van der Waals surface area contributed by atoms with Crippen molar-refractivity contribution in [3.8, 4) is 0 Å². The van der Waals surface area contributed by atoms with Gasteiger partial charge in [0.05, 0.1) is 18.7 Å². The van der Waals surface area contributed by atoms with E-state index in [4.69, 9.17) is 11.6 Å². The van der Waals surface area contributed by atoms with Crippen LogP contribution in [0.4, 0.5) is 0 Å². The monoisotopic (exact) mass is 306 g/mol. The number of rotatable bonds is 4. The van der Waals surface area contributed by atoms with Crippen LogP contribution in [0.25, 0.3) is 0 Å². The second kappa shape index (κ2) is 6.00. The van der Waals surface area contributed by atoms with E-state index >= 15 is 0 Å². The minimum absolute atomic E-state index is 0.0879. The van der Waals surface area contributed by atoms with Crippen LogP contribution in [0.2, 0.25) is 5.15 Å². The summed E-state index contributed by atoms with van der Waals surface area (Å²) in [4.78, 5) is 18.2. The van der Waals surface area contributed by atoms with E-state index < -0.39 is 6.10 Å². The first-order valence-corrected chi connectivity index (χ1v) is 7.20. The average molecular weight is 307 g/mol. The van der Waals surface area contributed by atoms with Gasteiger partial charge in [-0.1, -0.05) is 29.8 Å². The summed E-state index contributed by atoms with van der Waals surface area (Å²) in [6.45, 7) is 9.68. The summed E-state index contributed by atoms with van der Waals surface area (Å²) in [5.41, 5.74) is 2.92. The first-order chi connectivity index (χ1) is 9.82. The zero-order valence-corrected chi connectivity index (χ0v) is 13.2. The number of aromatic nitrogens is 1. The first kappa shape index (κ1) is 15.7. The normalized spacial score (nSPS) is 17.7. The van der Waals surface area contributed by atoms with Gasteiger partial charge in [0.15, 0.2) is 0 Å². The number of hydrogen-bond acceptors (Lipinski definition) is 3. The van der Waals surface area contributed by atoms with Crippen molar-refractivity contribution in [2.75, 3.05) is 0 Å². The molecule has 1 aromatic rings. The number of amides is 1. The Hall–Kier alpha value is -1.65. The van der Waals surface area contributed by atoms with Gasteiger partial charge >= 0.3 is 0 Å². The largest absolute Gasteiger partial charge is 0.389 e. The van der Waals surface area contributed by atoms with Gasteiger partial charge in [0.25, 0.3) is 5.91 Å². The Morgan fingerprint density at radius 3 is 2.76 bits per heavy atom. The van der Waals surface area contributed by atoms with Crippen molar-refractivity contribution in [1.29, 1.82) is 0 Å². The van der Waals surface area contributed by atoms with Crippen LogP contribution < -0.4 is 0 Å². The van der Waals surface area contributed by atoms with E-state index in [1.54, 1.807) is 17.9 Å². The van der Waals surface area contributed by atoms with Crippen molar-refractivity contribution >= 4 is 17.5 Å². The third-order valence-electron chi connectivity index (χ3n) is 3.67. The fraction of sp³-hybridized carbons (Fsp3) is 0.375. The molecule has 0 aliphatic carbocycles. The van der Waals surface area contributed by atoms with E-state index in [2.05, 4.69) is 11.6 Å². The van der Waals surface area contributed by atoms with Crippen LogP contribution in [0, 0.1) is 0 Å². The maximum absolute atomic E-state index is 12.5. The van der Waals surface area contributed by atoms with Crippen molar-refractivity contribution in [2.45, 2.75) is 39.5 Å². The van der Waals surface area contributed by atoms with E-state index in [1.807, 2.05) is 19.9 Å². The molecule has 1 aliphatic rings. The molecule has 0 radical (unpaired) electrons. The van der Waals surface area contributed by atoms with Gasteiger partial charge in [-0.3, -0.25) is 4.79 Å². The number of carbonyl (C=O) groups is 1. The molecule has 1 amide bonds. The van der Waals surface area contributed by atoms with Crippen molar-refractivity contribution in [3.63, 3.8) is 0 Å². The van der Waals surface area contributed by atoms with Gasteiger partial charge in [-0.05, 0) is 32.4 Å². The summed E-state index contributed by atoms with van der Waals surface area (Å²) in [6.07, 6.45) is 2.71. The van der Waals surface area contributed by atoms with Crippen molar-refractivity contribution < 1.29 is 9.90 Å². The van der Waals surface area contributed by atoms with Gasteiger partial charge in [0.1, 0.15) is 5.15 Å². The van der Waals surface area contributed by atoms with Crippen molar-refractivity contribution in [2.24, 2.45) is 0 Å². The molecule has 2 rings (SSSR count). The lowest BCUT2D eigenvalue weighted by Crippen LogP contribution is -2.37. The van der Waals surface area contributed by atoms with Gasteiger partial charge in [-0.25, -0.2) is 4.98 Å². The predicted molar refractivity (Wildman–Crippen MR) is 83.2 cm³/mol. The number of allylic oxidation sites excluding steroid dienone is 2. The lowest BCUT2D eigenvalue weighted by atomic mass is 10.00. The number of carbonyl (C=O) groups excluding carboxylic acids is 1. The highest BCUT2D eigenvalue weighted by Crippen LogP contribution is 2.31. The van der Waals surface area contributed by atoms with Crippen LogP contribution in [0.5, 0.6) is 0 Å². The smallest absolute Gasteiger partial charge is 0.255 e. The molecular weight excluding hydrogens is 288 g/mol. The third kappa shape index (κ3) is 3.01. The molecule has 0 saturated carbocycles. The molecule has 1 N–H and O–H groups in total. The molecule has 5 heteroatoms. The topological polar surface area (TPSA) is 53.4 Å². The summed E-state index contributed by atoms with van der Waals surface area (Å²) in [7, 11) is 0. The molecular formula is C16H19ClN2O2. The van der Waals surface area contributed by atoms with Gasteiger partial charge in [0, 0.05) is 17.3 Å². The van der Waals surface area contributed by atoms with Crippen molar-refractivity contribution in [1.82, 2.24) is 9.88 Å². The number of pyridine rings is 1. The van der Waals surface area contributed by atoms with E-state index in [-0.39, 0.29) is 11.9 Å². The number of hydrogen-bond donors (Lipinski definition) is 1. The molecule has 2 heterocycles. The minimum atomic E-state index is -0.651. The Kier molecular flexibility index (Phi) is 4.49. The molecule has 2 atom stereocenters. The Balaban J connectivity index is 2.34. The zero-order chi connectivity index (χ0) is 15.7. The summed E-state index contributed by atoms with van der Waals surface area (Å²) in [6, 6.07) is 1.44. The lowest BCUT2D eigenvalue weighted by molar-refractivity contribution is 0.0723. The van der Waals surface area contributed by atoms with Crippen LogP contribution >= 0.6 is 11.6 Å². The van der Waals surface area contributed by atoms with E-state index in [0.29, 0.717) is 17.3 Å². The molecule has 4 nitrogen and oxygen atoms in total. The highest BCUT2D eigenvalue weighted by atomic mass is 35.5. The molecule has 1 aromatic heterocycles. The Morgan fingerprint density at radius 2 is 2.24 bits per heavy atom. The predicted octanol–water partition coefficient (Wildman–Crippen LogP) is 2.96. The minimum Gasteiger partial charge on any atom is -0.389 e. The molecule has 112 valence electrons. The van der Waals surface area contributed by atoms with Crippen LogP contribution in [-0.2, 0) is 6.54 Å². The molecule has 0 fully saturated rings. The van der Waals surface area contributed by atoms with Crippen LogP contribution in [0.1, 0.15) is 36.7 Å². The van der Waals surface area contributed by atoms with Gasteiger partial charge < -0.3 is 10.0 Å². The summed E-state index contributed by atoms with van der Waals surface area (Å²) in [5.74, 6) is -0.0879.